The predicted octanol–water partition coefficient (Wildman–Crippen LogP) is 14.6. The molecule has 1 unspecified atom stereocenters. The van der Waals surface area contributed by atoms with Crippen LogP contribution < -0.4 is 0 Å². The van der Waals surface area contributed by atoms with Crippen LogP contribution in [0.3, 0.4) is 0 Å². The molecule has 4 aromatic rings. The number of benzene rings is 4. The molecular weight excluding hydrogens is 691 g/mol. The smallest absolute Gasteiger partial charge is 0.161 e. The van der Waals surface area contributed by atoms with Crippen LogP contribution in [0.4, 0.5) is 0 Å². The fraction of sp³-hybridized carbons (Fsp3) is 0.352. The number of rotatable bonds is 8. The Kier molecular flexibility index (Phi) is 13.9. The second kappa shape index (κ2) is 18.4. The molecule has 4 aromatic carbocycles. The van der Waals surface area contributed by atoms with Gasteiger partial charge in [-0.3, -0.25) is 4.99 Å². The third-order valence-corrected chi connectivity index (χ3v) is 10.9. The van der Waals surface area contributed by atoms with Gasteiger partial charge in [0.1, 0.15) is 0 Å². The molecule has 3 nitrogen and oxygen atoms in total. The first-order chi connectivity index (χ1) is 27.0. The lowest BCUT2D eigenvalue weighted by molar-refractivity contribution is 0.590. The summed E-state index contributed by atoms with van der Waals surface area (Å²) in [5.74, 6) is 1.53. The highest BCUT2D eigenvalue weighted by molar-refractivity contribution is 6.13. The summed E-state index contributed by atoms with van der Waals surface area (Å²) in [7, 11) is 1.82. The molecule has 1 aliphatic carbocycles. The lowest BCUT2D eigenvalue weighted by Crippen LogP contribution is -2.10. The number of hydrogen-bond acceptors (Lipinski definition) is 1. The van der Waals surface area contributed by atoms with Gasteiger partial charge in [-0.25, -0.2) is 9.98 Å². The van der Waals surface area contributed by atoms with E-state index in [0.717, 1.165) is 36.0 Å². The highest BCUT2D eigenvalue weighted by Crippen LogP contribution is 2.29. The van der Waals surface area contributed by atoms with Crippen LogP contribution in [0.2, 0.25) is 0 Å². The van der Waals surface area contributed by atoms with Crippen molar-refractivity contribution in [2.45, 2.75) is 112 Å². The Balaban J connectivity index is 1.45. The van der Waals surface area contributed by atoms with E-state index >= 15 is 0 Å². The van der Waals surface area contributed by atoms with Crippen molar-refractivity contribution in [1.29, 1.82) is 0 Å². The Morgan fingerprint density at radius 3 is 1.60 bits per heavy atom. The SMILES string of the molecule is CC/C(=C\C=C(/C)c1ccc(C(C)(C)C)cc1)C(=NC)N=C(N=CC1C=CC(c2ccc(C(C)(C)C)cc2)=CCC1)c1ccc(-c2ccc(C(C)(C)C)cc2)cc1. The standard InChI is InChI=1S/C54H65N3/c1-13-40(19-17-38(2)41-25-31-47(32-26-41)52(3,4)5)50(55-12)57-51(46-23-21-43(22-24-46)45-29-35-49(36-30-45)54(9,10)11)56-37-39-15-14-16-42(20-18-39)44-27-33-48(34-28-44)53(6,7)8/h16-37,39H,13-15H2,1-12H3/b38-17+,40-19+,55-50?,56-37?,57-51?. The maximum Gasteiger partial charge on any atom is 0.161 e. The maximum absolute atomic E-state index is 5.20. The fourth-order valence-corrected chi connectivity index (χ4v) is 6.90. The molecule has 0 spiro atoms. The number of nitrogens with zero attached hydrogens (tertiary/aromatic N) is 3. The second-order valence-electron chi connectivity index (χ2n) is 18.5. The monoisotopic (exact) mass is 756 g/mol. The highest BCUT2D eigenvalue weighted by atomic mass is 15.0. The molecule has 3 heteroatoms. The summed E-state index contributed by atoms with van der Waals surface area (Å²) in [6, 6.07) is 35.5. The van der Waals surface area contributed by atoms with Crippen molar-refractivity contribution < 1.29 is 0 Å². The average Bonchev–Trinajstić information content (AvgIpc) is 3.44. The zero-order chi connectivity index (χ0) is 41.4. The van der Waals surface area contributed by atoms with Gasteiger partial charge in [0.2, 0.25) is 0 Å². The zero-order valence-electron chi connectivity index (χ0n) is 36.7. The molecule has 0 fully saturated rings. The van der Waals surface area contributed by atoms with Gasteiger partial charge in [0.05, 0.1) is 0 Å². The van der Waals surface area contributed by atoms with E-state index in [-0.39, 0.29) is 22.2 Å². The number of amidine groups is 2. The molecule has 0 saturated carbocycles. The maximum atomic E-state index is 5.20. The molecule has 0 N–H and O–H groups in total. The van der Waals surface area contributed by atoms with E-state index in [1.807, 2.05) is 7.05 Å². The number of allylic oxidation sites excluding steroid dienone is 7. The Hall–Kier alpha value is -5.15. The predicted molar refractivity (Wildman–Crippen MR) is 251 cm³/mol. The summed E-state index contributed by atoms with van der Waals surface area (Å²) in [6.07, 6.45) is 16.1. The topological polar surface area (TPSA) is 37.1 Å². The minimum absolute atomic E-state index is 0.115. The lowest BCUT2D eigenvalue weighted by atomic mass is 9.86. The first-order valence-corrected chi connectivity index (χ1v) is 20.8. The van der Waals surface area contributed by atoms with Gasteiger partial charge in [-0.1, -0.05) is 197 Å². The molecular formula is C54H65N3. The van der Waals surface area contributed by atoms with Gasteiger partial charge in [0.15, 0.2) is 11.7 Å². The van der Waals surface area contributed by atoms with Gasteiger partial charge < -0.3 is 0 Å². The van der Waals surface area contributed by atoms with Crippen LogP contribution in [0, 0.1) is 5.92 Å². The largest absolute Gasteiger partial charge is 0.270 e. The van der Waals surface area contributed by atoms with Crippen LogP contribution in [0.1, 0.15) is 129 Å². The lowest BCUT2D eigenvalue weighted by Gasteiger charge is -2.19. The first kappa shape index (κ1) is 43.0. The van der Waals surface area contributed by atoms with Crippen LogP contribution in [0.15, 0.2) is 148 Å². The van der Waals surface area contributed by atoms with Gasteiger partial charge in [0.25, 0.3) is 0 Å². The van der Waals surface area contributed by atoms with Gasteiger partial charge in [-0.05, 0) is 98.1 Å². The molecule has 57 heavy (non-hydrogen) atoms. The Morgan fingerprint density at radius 1 is 0.632 bits per heavy atom. The van der Waals surface area contributed by atoms with Crippen molar-refractivity contribution in [3.05, 3.63) is 166 Å². The van der Waals surface area contributed by atoms with Crippen molar-refractivity contribution in [3.8, 4) is 11.1 Å². The minimum Gasteiger partial charge on any atom is -0.270 e. The molecule has 0 radical (unpaired) electrons. The van der Waals surface area contributed by atoms with Crippen molar-refractivity contribution >= 4 is 29.0 Å². The summed E-state index contributed by atoms with van der Waals surface area (Å²) in [4.78, 5) is 15.1. The van der Waals surface area contributed by atoms with Crippen molar-refractivity contribution in [3.63, 3.8) is 0 Å². The van der Waals surface area contributed by atoms with Crippen LogP contribution in [0.5, 0.6) is 0 Å². The quantitative estimate of drug-likeness (QED) is 0.0976. The van der Waals surface area contributed by atoms with E-state index < -0.39 is 0 Å². The van der Waals surface area contributed by atoms with Crippen molar-refractivity contribution in [2.75, 3.05) is 7.05 Å². The van der Waals surface area contributed by atoms with Crippen LogP contribution in [-0.4, -0.2) is 24.9 Å². The molecule has 0 heterocycles. The van der Waals surface area contributed by atoms with E-state index in [1.54, 1.807) is 0 Å². The Bertz CT molecular complexity index is 2180. The van der Waals surface area contributed by atoms with E-state index in [1.165, 1.54) is 44.5 Å². The Labute approximate surface area is 344 Å². The molecule has 0 aromatic heterocycles. The van der Waals surface area contributed by atoms with Gasteiger partial charge in [-0.15, -0.1) is 0 Å². The highest BCUT2D eigenvalue weighted by Gasteiger charge is 2.17. The van der Waals surface area contributed by atoms with E-state index in [4.69, 9.17) is 15.0 Å². The second-order valence-corrected chi connectivity index (χ2v) is 18.5. The normalized spacial score (nSPS) is 16.6. The Morgan fingerprint density at radius 2 is 1.11 bits per heavy atom. The van der Waals surface area contributed by atoms with E-state index in [2.05, 4.69) is 210 Å². The van der Waals surface area contributed by atoms with Crippen LogP contribution in [0.25, 0.3) is 22.3 Å². The van der Waals surface area contributed by atoms with Crippen molar-refractivity contribution in [2.24, 2.45) is 20.9 Å². The third-order valence-electron chi connectivity index (χ3n) is 10.9. The van der Waals surface area contributed by atoms with Crippen LogP contribution >= 0.6 is 0 Å². The number of hydrogen-bond donors (Lipinski definition) is 0. The summed E-state index contributed by atoms with van der Waals surface area (Å²) < 4.78 is 0. The van der Waals surface area contributed by atoms with Crippen molar-refractivity contribution in [1.82, 2.24) is 0 Å². The minimum atomic E-state index is 0.115. The van der Waals surface area contributed by atoms with E-state index in [0.29, 0.717) is 11.7 Å². The fourth-order valence-electron chi connectivity index (χ4n) is 6.90. The molecule has 0 bridgehead atoms. The average molecular weight is 756 g/mol. The molecule has 296 valence electrons. The summed E-state index contributed by atoms with van der Waals surface area (Å²) >= 11 is 0. The van der Waals surface area contributed by atoms with Gasteiger partial charge >= 0.3 is 0 Å². The molecule has 1 aliphatic rings. The number of aliphatic imine (C=N–C) groups is 3. The zero-order valence-corrected chi connectivity index (χ0v) is 36.7. The third kappa shape index (κ3) is 11.7. The van der Waals surface area contributed by atoms with Crippen LogP contribution in [-0.2, 0) is 16.2 Å². The molecule has 5 rings (SSSR count). The molecule has 1 atom stereocenters. The summed E-state index contributed by atoms with van der Waals surface area (Å²) in [6.45, 7) is 24.6. The molecule has 0 aliphatic heterocycles. The molecule has 0 amide bonds. The molecule has 0 saturated heterocycles. The van der Waals surface area contributed by atoms with Gasteiger partial charge in [-0.2, -0.15) is 0 Å². The van der Waals surface area contributed by atoms with E-state index in [9.17, 15) is 0 Å². The van der Waals surface area contributed by atoms with Gasteiger partial charge in [0, 0.05) is 24.7 Å². The summed E-state index contributed by atoms with van der Waals surface area (Å²) in [5.41, 5.74) is 13.7. The summed E-state index contributed by atoms with van der Waals surface area (Å²) in [5, 5.41) is 0. The first-order valence-electron chi connectivity index (χ1n) is 20.8.